The maximum atomic E-state index is 13.6. The number of hydrogen-bond acceptors (Lipinski definition) is 5. The second kappa shape index (κ2) is 9.65. The molecule has 0 N–H and O–H groups in total. The van der Waals surface area contributed by atoms with Crippen molar-refractivity contribution < 1.29 is 31.2 Å². The smallest absolute Gasteiger partial charge is 0.406 e. The molecule has 10 heteroatoms. The molecule has 0 bridgehead atoms. The molecule has 35 heavy (non-hydrogen) atoms. The third-order valence-corrected chi connectivity index (χ3v) is 7.15. The minimum atomic E-state index is -4.85. The van der Waals surface area contributed by atoms with E-state index in [1.807, 2.05) is 31.2 Å². The van der Waals surface area contributed by atoms with Crippen LogP contribution in [0.5, 0.6) is 5.75 Å². The van der Waals surface area contributed by atoms with E-state index in [1.165, 1.54) is 31.4 Å². The first-order chi connectivity index (χ1) is 16.6. The molecule has 0 saturated heterocycles. The van der Waals surface area contributed by atoms with Crippen molar-refractivity contribution >= 4 is 20.8 Å². The monoisotopic (exact) mass is 502 g/mol. The Bertz CT molecular complexity index is 1430. The van der Waals surface area contributed by atoms with Crippen LogP contribution < -0.4 is 4.74 Å². The predicted octanol–water partition coefficient (Wildman–Crippen LogP) is 5.78. The van der Waals surface area contributed by atoms with E-state index in [-0.39, 0.29) is 4.90 Å². The first kappa shape index (κ1) is 24.6. The molecule has 1 heterocycles. The minimum absolute atomic E-state index is 0.0117. The highest BCUT2D eigenvalue weighted by atomic mass is 32.2. The number of aryl methyl sites for hydroxylation is 1. The summed E-state index contributed by atoms with van der Waals surface area (Å²) < 4.78 is 69.9. The average molecular weight is 503 g/mol. The molecule has 1 unspecified atom stereocenters. The van der Waals surface area contributed by atoms with E-state index >= 15 is 0 Å². The fourth-order valence-corrected chi connectivity index (χ4v) is 5.27. The molecule has 0 saturated carbocycles. The van der Waals surface area contributed by atoms with Crippen molar-refractivity contribution in [3.05, 3.63) is 102 Å². The van der Waals surface area contributed by atoms with E-state index in [9.17, 15) is 21.6 Å². The molecule has 6 nitrogen and oxygen atoms in total. The van der Waals surface area contributed by atoms with Crippen molar-refractivity contribution in [2.45, 2.75) is 24.2 Å². The number of sulfonamides is 1. The van der Waals surface area contributed by atoms with Crippen LogP contribution in [-0.4, -0.2) is 31.3 Å². The summed E-state index contributed by atoms with van der Waals surface area (Å²) in [5.41, 5.74) is 1.41. The zero-order valence-corrected chi connectivity index (χ0v) is 19.5. The van der Waals surface area contributed by atoms with Gasteiger partial charge in [-0.3, -0.25) is 9.82 Å². The van der Waals surface area contributed by atoms with Gasteiger partial charge in [0.05, 0.1) is 17.7 Å². The Morgan fingerprint density at radius 1 is 0.914 bits per heavy atom. The van der Waals surface area contributed by atoms with Gasteiger partial charge in [-0.05, 0) is 47.7 Å². The van der Waals surface area contributed by atoms with E-state index in [2.05, 4.69) is 9.72 Å². The number of rotatable bonds is 7. The van der Waals surface area contributed by atoms with E-state index < -0.39 is 28.2 Å². The summed E-state index contributed by atoms with van der Waals surface area (Å²) in [5, 5.41) is 1.71. The Morgan fingerprint density at radius 2 is 1.54 bits per heavy atom. The molecule has 3 aromatic carbocycles. The molecule has 1 aromatic heterocycles. The summed E-state index contributed by atoms with van der Waals surface area (Å²) in [5.74, 6) is -0.432. The maximum Gasteiger partial charge on any atom is 0.573 e. The number of pyridine rings is 1. The highest BCUT2D eigenvalue weighted by molar-refractivity contribution is 7.89. The lowest BCUT2D eigenvalue weighted by Crippen LogP contribution is -2.35. The number of benzene rings is 3. The van der Waals surface area contributed by atoms with Gasteiger partial charge in [-0.2, -0.15) is 0 Å². The van der Waals surface area contributed by atoms with Gasteiger partial charge in [0.1, 0.15) is 11.8 Å². The van der Waals surface area contributed by atoms with Gasteiger partial charge in [-0.15, -0.1) is 13.2 Å². The number of hydroxylamine groups is 1. The first-order valence-corrected chi connectivity index (χ1v) is 11.9. The summed E-state index contributed by atoms with van der Waals surface area (Å²) in [6, 6.07) is 19.0. The van der Waals surface area contributed by atoms with Crippen molar-refractivity contribution in [3.8, 4) is 5.75 Å². The molecule has 0 spiro atoms. The zero-order chi connectivity index (χ0) is 25.2. The average Bonchev–Trinajstić information content (AvgIpc) is 2.83. The summed E-state index contributed by atoms with van der Waals surface area (Å²) >= 11 is 0. The number of aromatic nitrogens is 1. The van der Waals surface area contributed by atoms with Crippen LogP contribution in [0.15, 0.2) is 90.0 Å². The van der Waals surface area contributed by atoms with Crippen LogP contribution in [0.25, 0.3) is 10.8 Å². The van der Waals surface area contributed by atoms with Gasteiger partial charge in [0, 0.05) is 11.6 Å². The third-order valence-electron chi connectivity index (χ3n) is 5.45. The number of alkyl halides is 3. The van der Waals surface area contributed by atoms with E-state index in [1.54, 1.807) is 24.4 Å². The second-order valence-corrected chi connectivity index (χ2v) is 9.41. The Labute approximate surface area is 200 Å². The van der Waals surface area contributed by atoms with Gasteiger partial charge >= 0.3 is 6.36 Å². The topological polar surface area (TPSA) is 68.7 Å². The van der Waals surface area contributed by atoms with Crippen LogP contribution in [0.3, 0.4) is 0 Å². The summed E-state index contributed by atoms with van der Waals surface area (Å²) in [6.45, 7) is 1.81. The number of hydrogen-bond donors (Lipinski definition) is 0. The van der Waals surface area contributed by atoms with Gasteiger partial charge in [0.15, 0.2) is 0 Å². The highest BCUT2D eigenvalue weighted by Crippen LogP contribution is 2.37. The Balaban J connectivity index is 1.90. The van der Waals surface area contributed by atoms with Gasteiger partial charge in [-0.25, -0.2) is 8.42 Å². The second-order valence-electron chi connectivity index (χ2n) is 7.63. The largest absolute Gasteiger partial charge is 0.573 e. The molecule has 0 aliphatic heterocycles. The minimum Gasteiger partial charge on any atom is -0.406 e. The number of halogens is 3. The molecule has 4 rings (SSSR count). The van der Waals surface area contributed by atoms with Crippen molar-refractivity contribution in [1.29, 1.82) is 0 Å². The van der Waals surface area contributed by atoms with Gasteiger partial charge in [0.25, 0.3) is 10.0 Å². The Morgan fingerprint density at radius 3 is 2.17 bits per heavy atom. The molecule has 0 amide bonds. The fraction of sp³-hybridized carbons (Fsp3) is 0.160. The molecule has 0 aliphatic carbocycles. The number of nitrogens with zero attached hydrogens (tertiary/aromatic N) is 2. The van der Waals surface area contributed by atoms with Crippen LogP contribution in [0, 0.1) is 6.92 Å². The summed E-state index contributed by atoms with van der Waals surface area (Å²) in [6.07, 6.45) is -3.23. The lowest BCUT2D eigenvalue weighted by atomic mass is 9.97. The van der Waals surface area contributed by atoms with E-state index in [0.29, 0.717) is 16.8 Å². The molecule has 1 atom stereocenters. The van der Waals surface area contributed by atoms with E-state index in [4.69, 9.17) is 4.84 Å². The number of fused-ring (bicyclic) bond motifs is 1. The van der Waals surface area contributed by atoms with Crippen molar-refractivity contribution in [2.24, 2.45) is 0 Å². The van der Waals surface area contributed by atoms with Crippen LogP contribution in [0.1, 0.15) is 22.9 Å². The van der Waals surface area contributed by atoms with Crippen molar-refractivity contribution in [2.75, 3.05) is 7.11 Å². The Kier molecular flexibility index (Phi) is 6.79. The Hall–Kier alpha value is -3.47. The molecule has 182 valence electrons. The molecular weight excluding hydrogens is 481 g/mol. The van der Waals surface area contributed by atoms with Gasteiger partial charge in [-0.1, -0.05) is 59.1 Å². The third kappa shape index (κ3) is 5.14. The lowest BCUT2D eigenvalue weighted by molar-refractivity contribution is -0.274. The lowest BCUT2D eigenvalue weighted by Gasteiger charge is -2.30. The van der Waals surface area contributed by atoms with Gasteiger partial charge in [0.2, 0.25) is 0 Å². The standard InChI is InChI=1S/C25H21F3N2O4S/c1-17-22-11-7-6-8-19(22)16-29-23(17)24(18-12-14-20(15-13-18)34-25(26,27)28)30(33-2)35(31,32)21-9-4-3-5-10-21/h3-16,24H,1-2H3. The fourth-order valence-electron chi connectivity index (χ4n) is 3.87. The number of ether oxygens (including phenoxy) is 1. The highest BCUT2D eigenvalue weighted by Gasteiger charge is 2.37. The SMILES string of the molecule is CON(C(c1ccc(OC(F)(F)F)cc1)c1ncc2ccccc2c1C)S(=O)(=O)c1ccccc1. The van der Waals surface area contributed by atoms with Crippen LogP contribution >= 0.6 is 0 Å². The first-order valence-electron chi connectivity index (χ1n) is 10.5. The van der Waals surface area contributed by atoms with Crippen LogP contribution in [0.4, 0.5) is 13.2 Å². The van der Waals surface area contributed by atoms with Crippen LogP contribution in [-0.2, 0) is 14.9 Å². The normalized spacial score (nSPS) is 13.2. The molecule has 4 aromatic rings. The van der Waals surface area contributed by atoms with Crippen molar-refractivity contribution in [3.63, 3.8) is 0 Å². The van der Waals surface area contributed by atoms with E-state index in [0.717, 1.165) is 27.4 Å². The quantitative estimate of drug-likeness (QED) is 0.300. The molecular formula is C25H21F3N2O4S. The summed E-state index contributed by atoms with van der Waals surface area (Å²) in [7, 11) is -2.98. The predicted molar refractivity (Wildman–Crippen MR) is 124 cm³/mol. The van der Waals surface area contributed by atoms with Crippen LogP contribution in [0.2, 0.25) is 0 Å². The molecule has 0 fully saturated rings. The summed E-state index contributed by atoms with van der Waals surface area (Å²) in [4.78, 5) is 9.94. The molecule has 0 aliphatic rings. The molecule has 0 radical (unpaired) electrons. The van der Waals surface area contributed by atoms with Gasteiger partial charge < -0.3 is 4.74 Å². The maximum absolute atomic E-state index is 13.6. The van der Waals surface area contributed by atoms with Crippen molar-refractivity contribution in [1.82, 2.24) is 9.45 Å². The zero-order valence-electron chi connectivity index (χ0n) is 18.7.